The topological polar surface area (TPSA) is 44.5 Å². The third-order valence-electron chi connectivity index (χ3n) is 4.52. The van der Waals surface area contributed by atoms with Gasteiger partial charge >= 0.3 is 0 Å². The van der Waals surface area contributed by atoms with Gasteiger partial charge in [0.2, 0.25) is 0 Å². The Labute approximate surface area is 121 Å². The van der Waals surface area contributed by atoms with Gasteiger partial charge in [0, 0.05) is 18.0 Å². The highest BCUT2D eigenvalue weighted by Crippen LogP contribution is 2.41. The summed E-state index contributed by atoms with van der Waals surface area (Å²) in [5.41, 5.74) is 7.24. The summed E-state index contributed by atoms with van der Waals surface area (Å²) < 4.78 is 12.0. The van der Waals surface area contributed by atoms with E-state index in [-0.39, 0.29) is 5.60 Å². The smallest absolute Gasteiger partial charge is 0.165 e. The quantitative estimate of drug-likeness (QED) is 0.917. The summed E-state index contributed by atoms with van der Waals surface area (Å²) in [6.45, 7) is 4.97. The summed E-state index contributed by atoms with van der Waals surface area (Å²) in [5, 5.41) is 0. The zero-order valence-corrected chi connectivity index (χ0v) is 12.5. The Morgan fingerprint density at radius 1 is 1.35 bits per heavy atom. The van der Waals surface area contributed by atoms with E-state index in [1.54, 1.807) is 0 Å². The van der Waals surface area contributed by atoms with Crippen molar-refractivity contribution in [2.45, 2.75) is 57.6 Å². The van der Waals surface area contributed by atoms with Gasteiger partial charge in [-0.15, -0.1) is 0 Å². The first-order valence-electron chi connectivity index (χ1n) is 7.74. The van der Waals surface area contributed by atoms with Crippen molar-refractivity contribution in [3.63, 3.8) is 0 Å². The molecule has 3 nitrogen and oxygen atoms in total. The van der Waals surface area contributed by atoms with Crippen LogP contribution >= 0.6 is 0 Å². The molecule has 2 N–H and O–H groups in total. The summed E-state index contributed by atoms with van der Waals surface area (Å²) in [6.07, 6.45) is 5.69. The summed E-state index contributed by atoms with van der Waals surface area (Å²) >= 11 is 0. The number of para-hydroxylation sites is 1. The van der Waals surface area contributed by atoms with Crippen LogP contribution in [0.25, 0.3) is 0 Å². The van der Waals surface area contributed by atoms with Gasteiger partial charge in [-0.2, -0.15) is 0 Å². The minimum absolute atomic E-state index is 0.115. The van der Waals surface area contributed by atoms with E-state index in [4.69, 9.17) is 15.2 Å². The number of fused-ring (bicyclic) bond motifs is 1. The number of ether oxygens (including phenoxy) is 2. The highest BCUT2D eigenvalue weighted by atomic mass is 16.5. The number of nitrogens with two attached hydrogens (primary N) is 1. The first-order chi connectivity index (χ1) is 9.55. The first kappa shape index (κ1) is 13.7. The molecule has 0 bridgehead atoms. The molecule has 1 fully saturated rings. The molecule has 1 aliphatic carbocycles. The van der Waals surface area contributed by atoms with Crippen LogP contribution in [0.2, 0.25) is 0 Å². The Morgan fingerprint density at radius 3 is 2.95 bits per heavy atom. The van der Waals surface area contributed by atoms with E-state index in [1.807, 2.05) is 6.07 Å². The third kappa shape index (κ3) is 2.78. The Hall–Kier alpha value is -1.22. The molecule has 110 valence electrons. The number of hydrogen-bond acceptors (Lipinski definition) is 3. The number of hydrogen-bond donors (Lipinski definition) is 1. The molecule has 2 aliphatic rings. The van der Waals surface area contributed by atoms with Crippen molar-refractivity contribution in [3.05, 3.63) is 23.8 Å². The van der Waals surface area contributed by atoms with Crippen molar-refractivity contribution in [2.24, 2.45) is 11.7 Å². The van der Waals surface area contributed by atoms with Gasteiger partial charge in [0.05, 0.1) is 6.61 Å². The zero-order chi connectivity index (χ0) is 14.2. The van der Waals surface area contributed by atoms with Crippen LogP contribution in [0.5, 0.6) is 11.5 Å². The largest absolute Gasteiger partial charge is 0.490 e. The Bertz CT molecular complexity index is 484. The van der Waals surface area contributed by atoms with Crippen LogP contribution in [0, 0.1) is 5.92 Å². The van der Waals surface area contributed by atoms with Gasteiger partial charge in [-0.25, -0.2) is 0 Å². The van der Waals surface area contributed by atoms with Crippen LogP contribution in [-0.4, -0.2) is 18.2 Å². The second-order valence-electron chi connectivity index (χ2n) is 6.77. The van der Waals surface area contributed by atoms with Gasteiger partial charge in [0.1, 0.15) is 5.60 Å². The van der Waals surface area contributed by atoms with E-state index < -0.39 is 0 Å². The average Bonchev–Trinajstić information content (AvgIpc) is 2.92. The summed E-state index contributed by atoms with van der Waals surface area (Å²) in [7, 11) is 0. The van der Waals surface area contributed by atoms with Crippen molar-refractivity contribution in [1.29, 1.82) is 0 Å². The van der Waals surface area contributed by atoms with Crippen LogP contribution in [0.15, 0.2) is 18.2 Å². The lowest BCUT2D eigenvalue weighted by Gasteiger charge is -2.19. The van der Waals surface area contributed by atoms with Crippen molar-refractivity contribution in [3.8, 4) is 11.5 Å². The van der Waals surface area contributed by atoms with E-state index in [0.717, 1.165) is 30.9 Å². The molecule has 3 heteroatoms. The van der Waals surface area contributed by atoms with Crippen LogP contribution in [0.3, 0.4) is 0 Å². The van der Waals surface area contributed by atoms with Crippen LogP contribution in [0.4, 0.5) is 0 Å². The Kier molecular flexibility index (Phi) is 3.63. The molecular weight excluding hydrogens is 250 g/mol. The molecule has 3 rings (SSSR count). The molecule has 0 saturated heterocycles. The fourth-order valence-electron chi connectivity index (χ4n) is 3.45. The van der Waals surface area contributed by atoms with Gasteiger partial charge in [0.25, 0.3) is 0 Å². The van der Waals surface area contributed by atoms with E-state index in [9.17, 15) is 0 Å². The predicted molar refractivity (Wildman–Crippen MR) is 80.3 cm³/mol. The third-order valence-corrected chi connectivity index (χ3v) is 4.52. The SMILES string of the molecule is CC1(C)Cc2cccc(OCCC3CCCC3N)c2O1. The minimum Gasteiger partial charge on any atom is -0.490 e. The van der Waals surface area contributed by atoms with Crippen LogP contribution in [-0.2, 0) is 6.42 Å². The molecule has 1 aromatic rings. The molecule has 0 spiro atoms. The molecular formula is C17H25NO2. The maximum atomic E-state index is 6.10. The molecule has 0 radical (unpaired) electrons. The average molecular weight is 275 g/mol. The molecule has 0 amide bonds. The molecule has 1 heterocycles. The van der Waals surface area contributed by atoms with E-state index in [1.165, 1.54) is 24.8 Å². The minimum atomic E-state index is -0.115. The maximum absolute atomic E-state index is 6.10. The highest BCUT2D eigenvalue weighted by Gasteiger charge is 2.32. The predicted octanol–water partition coefficient (Wildman–Crippen LogP) is 3.30. The first-order valence-corrected chi connectivity index (χ1v) is 7.74. The monoisotopic (exact) mass is 275 g/mol. The second-order valence-corrected chi connectivity index (χ2v) is 6.77. The van der Waals surface area contributed by atoms with E-state index in [2.05, 4.69) is 26.0 Å². The molecule has 1 aliphatic heterocycles. The van der Waals surface area contributed by atoms with Crippen molar-refractivity contribution >= 4 is 0 Å². The van der Waals surface area contributed by atoms with Crippen LogP contribution in [0.1, 0.15) is 45.1 Å². The van der Waals surface area contributed by atoms with E-state index >= 15 is 0 Å². The molecule has 1 aromatic carbocycles. The van der Waals surface area contributed by atoms with Crippen LogP contribution < -0.4 is 15.2 Å². The normalized spacial score (nSPS) is 27.1. The fraction of sp³-hybridized carbons (Fsp3) is 0.647. The number of rotatable bonds is 4. The standard InChI is InChI=1S/C17H25NO2/c1-17(2)11-13-6-4-8-15(16(13)20-17)19-10-9-12-5-3-7-14(12)18/h4,6,8,12,14H,3,5,7,9-11,18H2,1-2H3. The lowest BCUT2D eigenvalue weighted by atomic mass is 10.0. The van der Waals surface area contributed by atoms with Gasteiger partial charge in [0.15, 0.2) is 11.5 Å². The lowest BCUT2D eigenvalue weighted by molar-refractivity contribution is 0.131. The van der Waals surface area contributed by atoms with Crippen molar-refractivity contribution in [1.82, 2.24) is 0 Å². The molecule has 2 unspecified atom stereocenters. The molecule has 20 heavy (non-hydrogen) atoms. The summed E-state index contributed by atoms with van der Waals surface area (Å²) in [4.78, 5) is 0. The highest BCUT2D eigenvalue weighted by molar-refractivity contribution is 5.50. The van der Waals surface area contributed by atoms with Gasteiger partial charge in [-0.05, 0) is 45.1 Å². The lowest BCUT2D eigenvalue weighted by Crippen LogP contribution is -2.26. The molecule has 0 aromatic heterocycles. The maximum Gasteiger partial charge on any atom is 0.165 e. The summed E-state index contributed by atoms with van der Waals surface area (Å²) in [5.74, 6) is 2.46. The van der Waals surface area contributed by atoms with Gasteiger partial charge < -0.3 is 15.2 Å². The van der Waals surface area contributed by atoms with Crippen molar-refractivity contribution < 1.29 is 9.47 Å². The van der Waals surface area contributed by atoms with Crippen molar-refractivity contribution in [2.75, 3.05) is 6.61 Å². The fourth-order valence-corrected chi connectivity index (χ4v) is 3.45. The van der Waals surface area contributed by atoms with Gasteiger partial charge in [-0.1, -0.05) is 18.6 Å². The van der Waals surface area contributed by atoms with Gasteiger partial charge in [-0.3, -0.25) is 0 Å². The van der Waals surface area contributed by atoms with E-state index in [0.29, 0.717) is 12.0 Å². The number of benzene rings is 1. The Morgan fingerprint density at radius 2 is 2.20 bits per heavy atom. The second kappa shape index (κ2) is 5.28. The molecule has 2 atom stereocenters. The molecule has 1 saturated carbocycles. The Balaban J connectivity index is 1.60. The summed E-state index contributed by atoms with van der Waals surface area (Å²) in [6, 6.07) is 6.56. The zero-order valence-electron chi connectivity index (χ0n) is 12.5.